The van der Waals surface area contributed by atoms with Gasteiger partial charge in [-0.25, -0.2) is 9.79 Å². The summed E-state index contributed by atoms with van der Waals surface area (Å²) in [6, 6.07) is 8.85. The van der Waals surface area contributed by atoms with Gasteiger partial charge >= 0.3 is 16.1 Å². The molecule has 0 fully saturated rings. The van der Waals surface area contributed by atoms with Crippen LogP contribution in [0.3, 0.4) is 0 Å². The minimum atomic E-state index is -4.96. The fraction of sp³-hybridized carbons (Fsp3) is 0.333. The van der Waals surface area contributed by atoms with Crippen LogP contribution >= 0.6 is 0 Å². The van der Waals surface area contributed by atoms with Crippen LogP contribution in [0.4, 0.5) is 5.69 Å². The molecule has 3 aromatic carbocycles. The van der Waals surface area contributed by atoms with E-state index >= 15 is 0 Å². The molecule has 0 aromatic heterocycles. The summed E-state index contributed by atoms with van der Waals surface area (Å²) < 4.78 is 79.4. The summed E-state index contributed by atoms with van der Waals surface area (Å²) in [6.45, 7) is 11.4. The molecule has 0 radical (unpaired) electrons. The lowest BCUT2D eigenvalue weighted by atomic mass is 9.78. The summed E-state index contributed by atoms with van der Waals surface area (Å²) >= 11 is 0. The van der Waals surface area contributed by atoms with Gasteiger partial charge < -0.3 is 15.2 Å². The van der Waals surface area contributed by atoms with Crippen molar-refractivity contribution in [3.05, 3.63) is 74.8 Å². The van der Waals surface area contributed by atoms with Crippen LogP contribution in [0.25, 0.3) is 5.57 Å². The Morgan fingerprint density at radius 3 is 2.05 bits per heavy atom. The van der Waals surface area contributed by atoms with Gasteiger partial charge in [-0.3, -0.25) is 9.11 Å². The monoisotopic (exact) mass is 627 g/mol. The number of rotatable bonds is 4. The van der Waals surface area contributed by atoms with E-state index in [1.165, 1.54) is 24.3 Å². The van der Waals surface area contributed by atoms with Gasteiger partial charge in [0.05, 0.1) is 16.7 Å². The highest BCUT2D eigenvalue weighted by atomic mass is 32.2. The molecule has 11 nitrogen and oxygen atoms in total. The summed E-state index contributed by atoms with van der Waals surface area (Å²) in [5.41, 5.74) is 1.16. The van der Waals surface area contributed by atoms with Crippen molar-refractivity contribution in [1.82, 2.24) is 0 Å². The maximum atomic E-state index is 13.0. The molecule has 3 heterocycles. The Morgan fingerprint density at radius 2 is 1.49 bits per heavy atom. The van der Waals surface area contributed by atoms with E-state index in [1.54, 1.807) is 12.1 Å². The maximum absolute atomic E-state index is 13.0. The lowest BCUT2D eigenvalue weighted by molar-refractivity contribution is -0.539. The zero-order chi connectivity index (χ0) is 31.6. The second kappa shape index (κ2) is 8.88. The zero-order valence-corrected chi connectivity index (χ0v) is 25.9. The van der Waals surface area contributed by atoms with Crippen LogP contribution in [-0.2, 0) is 31.1 Å². The fourth-order valence-corrected chi connectivity index (χ4v) is 7.87. The highest BCUT2D eigenvalue weighted by Crippen LogP contribution is 2.52. The molecule has 0 aliphatic carbocycles. The lowest BCUT2D eigenvalue weighted by Crippen LogP contribution is -2.81. The first-order chi connectivity index (χ1) is 19.8. The zero-order valence-electron chi connectivity index (χ0n) is 24.2. The molecule has 3 aliphatic rings. The number of anilines is 1. The second-order valence-corrected chi connectivity index (χ2v) is 15.2. The smallest absolute Gasteiger partial charge is 0.335 e. The Labute approximate surface area is 248 Å². The molecule has 2 unspecified atom stereocenters. The highest BCUT2D eigenvalue weighted by molar-refractivity contribution is 7.86. The number of ether oxygens (including phenoxy) is 1. The molecule has 2 atom stereocenters. The number of carboxylic acids is 1. The van der Waals surface area contributed by atoms with Gasteiger partial charge in [0.25, 0.3) is 10.1 Å². The molecule has 3 aromatic rings. The van der Waals surface area contributed by atoms with E-state index in [0.29, 0.717) is 22.3 Å². The number of nitrogens with one attached hydrogen (secondary N) is 2. The van der Waals surface area contributed by atoms with Crippen LogP contribution in [0, 0.1) is 0 Å². The van der Waals surface area contributed by atoms with Crippen molar-refractivity contribution in [2.24, 2.45) is 0 Å². The van der Waals surface area contributed by atoms with Crippen molar-refractivity contribution < 1.29 is 45.6 Å². The van der Waals surface area contributed by atoms with Crippen LogP contribution in [0.2, 0.25) is 0 Å². The molecule has 0 saturated heterocycles. The lowest BCUT2D eigenvalue weighted by Gasteiger charge is -2.28. The SMILES string of the molecule is CC1Nc2c(cc3c(c2S(=O)(=O)O)Oc2c(S(=O)(=O)O)c4c(cc2=C3c2ccc(C(=O)O)cc2)C(C)(C)C(C)[NH+]=4)C1(C)C. The summed E-state index contributed by atoms with van der Waals surface area (Å²) in [6.07, 6.45) is 0. The van der Waals surface area contributed by atoms with Crippen LogP contribution < -0.4 is 25.6 Å². The molecule has 0 bridgehead atoms. The number of carbonyl (C=O) groups is 1. The maximum Gasteiger partial charge on any atom is 0.335 e. The van der Waals surface area contributed by atoms with Crippen molar-refractivity contribution in [1.29, 1.82) is 0 Å². The Morgan fingerprint density at radius 1 is 0.884 bits per heavy atom. The Hall–Kier alpha value is -3.78. The summed E-state index contributed by atoms with van der Waals surface area (Å²) in [5, 5.41) is 13.0. The number of hydrogen-bond donors (Lipinski definition) is 5. The van der Waals surface area contributed by atoms with E-state index in [2.05, 4.69) is 10.3 Å². The van der Waals surface area contributed by atoms with Crippen molar-refractivity contribution in [2.75, 3.05) is 5.32 Å². The van der Waals surface area contributed by atoms with Gasteiger partial charge in [0.15, 0.2) is 22.4 Å². The fourth-order valence-electron chi connectivity index (χ4n) is 6.25. The molecule has 5 N–H and O–H groups in total. The number of carboxylic acid groups (broad SMARTS) is 1. The van der Waals surface area contributed by atoms with Crippen LogP contribution in [-0.4, -0.2) is 49.1 Å². The Kier molecular flexibility index (Phi) is 6.05. The third-order valence-corrected chi connectivity index (χ3v) is 11.2. The van der Waals surface area contributed by atoms with Gasteiger partial charge in [-0.2, -0.15) is 16.8 Å². The van der Waals surface area contributed by atoms with Gasteiger partial charge in [0.2, 0.25) is 10.3 Å². The van der Waals surface area contributed by atoms with E-state index in [9.17, 15) is 35.8 Å². The molecule has 13 heteroatoms. The Bertz CT molecular complexity index is 2130. The van der Waals surface area contributed by atoms with Gasteiger partial charge in [0, 0.05) is 33.4 Å². The van der Waals surface area contributed by atoms with Crippen LogP contribution in [0.5, 0.6) is 11.5 Å². The van der Waals surface area contributed by atoms with Crippen molar-refractivity contribution in [2.45, 2.75) is 74.2 Å². The molecule has 6 rings (SSSR count). The first-order valence-electron chi connectivity index (χ1n) is 13.6. The quantitative estimate of drug-likeness (QED) is 0.209. The Balaban J connectivity index is 1.88. The number of benzene rings is 3. The third-order valence-electron chi connectivity index (χ3n) is 9.43. The number of fused-ring (bicyclic) bond motifs is 4. The molecular weight excluding hydrogens is 596 g/mol. The molecule has 3 aliphatic heterocycles. The minimum absolute atomic E-state index is 0.00956. The van der Waals surface area contributed by atoms with Gasteiger partial charge in [-0.05, 0) is 63.1 Å². The summed E-state index contributed by atoms with van der Waals surface area (Å²) in [7, 11) is -9.93. The summed E-state index contributed by atoms with van der Waals surface area (Å²) in [4.78, 5) is 13.6. The second-order valence-electron chi connectivity index (χ2n) is 12.5. The molecule has 0 spiro atoms. The number of aromatic carboxylic acids is 1. The van der Waals surface area contributed by atoms with E-state index < -0.39 is 46.8 Å². The average molecular weight is 628 g/mol. The largest absolute Gasteiger partial charge is 0.478 e. The molecule has 43 heavy (non-hydrogen) atoms. The predicted octanol–water partition coefficient (Wildman–Crippen LogP) is 1.70. The van der Waals surface area contributed by atoms with E-state index in [1.807, 2.05) is 41.5 Å². The van der Waals surface area contributed by atoms with E-state index in [0.717, 1.165) is 0 Å². The topological polar surface area (TPSA) is 181 Å². The molecular formula is C30H31N2O9S2+. The van der Waals surface area contributed by atoms with Gasteiger partial charge in [-0.1, -0.05) is 26.0 Å². The standard InChI is InChI=1S/C30H30N2O9S2/c1-13-29(3,4)19-11-17-21(15-7-9-16(10-8-15)28(33)34)18-12-20-23(32-14(2)30(20,5)6)27(43(38,39)40)25(18)41-24(17)26(22(19)31-13)42(35,36)37/h7-14,31H,1-6H3,(H,33,34)(H,35,36,37)(H,38,39,40)/p+1. The van der Waals surface area contributed by atoms with Crippen LogP contribution in [0.15, 0.2) is 46.2 Å². The van der Waals surface area contributed by atoms with Crippen molar-refractivity contribution in [3.63, 3.8) is 0 Å². The number of hydrogen-bond acceptors (Lipinski definition) is 7. The predicted molar refractivity (Wildman–Crippen MR) is 156 cm³/mol. The molecule has 0 saturated carbocycles. The highest BCUT2D eigenvalue weighted by Gasteiger charge is 2.47. The van der Waals surface area contributed by atoms with Crippen molar-refractivity contribution in [3.8, 4) is 11.5 Å². The van der Waals surface area contributed by atoms with Crippen molar-refractivity contribution >= 4 is 37.5 Å². The minimum Gasteiger partial charge on any atom is -0.478 e. The summed E-state index contributed by atoms with van der Waals surface area (Å²) in [5.74, 6) is -1.79. The third kappa shape index (κ3) is 4.13. The molecule has 0 amide bonds. The first kappa shape index (κ1) is 29.3. The van der Waals surface area contributed by atoms with Crippen LogP contribution in [0.1, 0.15) is 74.2 Å². The van der Waals surface area contributed by atoms with Gasteiger partial charge in [0.1, 0.15) is 0 Å². The van der Waals surface area contributed by atoms with E-state index in [4.69, 9.17) is 4.74 Å². The van der Waals surface area contributed by atoms with E-state index in [-0.39, 0.29) is 51.0 Å². The van der Waals surface area contributed by atoms with Gasteiger partial charge in [-0.15, -0.1) is 0 Å². The normalized spacial score (nSPS) is 21.1. The average Bonchev–Trinajstić information content (AvgIpc) is 3.24. The first-order valence-corrected chi connectivity index (χ1v) is 16.4. The molecule has 226 valence electrons.